The Morgan fingerprint density at radius 3 is 2.23 bits per heavy atom. The van der Waals surface area contributed by atoms with Gasteiger partial charge in [-0.05, 0) is 51.0 Å². The molecule has 5 nitrogen and oxygen atoms in total. The Bertz CT molecular complexity index is 760. The molecule has 0 atom stereocenters. The minimum absolute atomic E-state index is 0.131. The normalized spacial score (nSPS) is 10.9. The van der Waals surface area contributed by atoms with E-state index in [2.05, 4.69) is 0 Å². The van der Waals surface area contributed by atoms with Gasteiger partial charge in [0.05, 0.1) is 0 Å². The Morgan fingerprint density at radius 1 is 0.923 bits per heavy atom. The molecule has 0 saturated carbocycles. The molecule has 0 radical (unpaired) electrons. The lowest BCUT2D eigenvalue weighted by atomic mass is 10.0. The fourth-order valence-corrected chi connectivity index (χ4v) is 2.38. The number of ether oxygens (including phenoxy) is 3. The van der Waals surface area contributed by atoms with Gasteiger partial charge in [0.1, 0.15) is 22.7 Å². The van der Waals surface area contributed by atoms with Gasteiger partial charge >= 0.3 is 12.1 Å². The van der Waals surface area contributed by atoms with Gasteiger partial charge in [-0.15, -0.1) is 0 Å². The van der Waals surface area contributed by atoms with Gasteiger partial charge in [-0.3, -0.25) is 0 Å². The summed E-state index contributed by atoms with van der Waals surface area (Å²) in [6.45, 7) is 7.23. The number of para-hydroxylation sites is 1. The van der Waals surface area contributed by atoms with E-state index >= 15 is 0 Å². The van der Waals surface area contributed by atoms with Crippen LogP contribution in [0.5, 0.6) is 11.5 Å². The van der Waals surface area contributed by atoms with Crippen molar-refractivity contribution in [2.24, 2.45) is 0 Å². The van der Waals surface area contributed by atoms with Gasteiger partial charge in [-0.25, -0.2) is 9.59 Å². The van der Waals surface area contributed by atoms with Crippen LogP contribution in [0.2, 0.25) is 0 Å². The first-order valence-electron chi connectivity index (χ1n) is 8.60. The smallest absolute Gasteiger partial charge is 0.428 e. The van der Waals surface area contributed by atoms with Crippen molar-refractivity contribution in [2.75, 3.05) is 0 Å². The minimum atomic E-state index is -0.861. The van der Waals surface area contributed by atoms with Crippen LogP contribution in [0, 0.1) is 0 Å². The second kappa shape index (κ2) is 8.52. The second-order valence-corrected chi connectivity index (χ2v) is 6.81. The fourth-order valence-electron chi connectivity index (χ4n) is 2.38. The van der Waals surface area contributed by atoms with Crippen molar-refractivity contribution in [3.05, 3.63) is 59.7 Å². The first-order chi connectivity index (χ1) is 12.3. The first kappa shape index (κ1) is 19.5. The molecule has 0 aliphatic heterocycles. The van der Waals surface area contributed by atoms with Crippen LogP contribution >= 0.6 is 0 Å². The maximum absolute atomic E-state index is 12.7. The minimum Gasteiger partial charge on any atom is -0.428 e. The number of carbonyl (C=O) groups is 2. The van der Waals surface area contributed by atoms with Gasteiger partial charge in [0.2, 0.25) is 0 Å². The molecule has 0 aliphatic carbocycles. The zero-order valence-electron chi connectivity index (χ0n) is 15.6. The third kappa shape index (κ3) is 5.62. The molecular weight excluding hydrogens is 332 g/mol. The van der Waals surface area contributed by atoms with Gasteiger partial charge in [-0.2, -0.15) is 0 Å². The summed E-state index contributed by atoms with van der Waals surface area (Å²) < 4.78 is 15.9. The molecule has 0 aromatic heterocycles. The molecule has 0 aliphatic rings. The zero-order chi connectivity index (χ0) is 19.2. The molecule has 0 amide bonds. The predicted molar refractivity (Wildman–Crippen MR) is 98.7 cm³/mol. The Labute approximate surface area is 153 Å². The van der Waals surface area contributed by atoms with E-state index in [0.29, 0.717) is 12.2 Å². The van der Waals surface area contributed by atoms with Crippen LogP contribution in [0.4, 0.5) is 4.79 Å². The van der Waals surface area contributed by atoms with Crippen LogP contribution in [0.25, 0.3) is 0 Å². The Morgan fingerprint density at radius 2 is 1.62 bits per heavy atom. The molecule has 5 heteroatoms. The molecule has 2 rings (SSSR count). The maximum Gasteiger partial charge on any atom is 0.514 e. The molecule has 0 unspecified atom stereocenters. The topological polar surface area (TPSA) is 61.8 Å². The predicted octanol–water partition coefficient (Wildman–Crippen LogP) is 5.17. The van der Waals surface area contributed by atoms with Crippen LogP contribution in [0.1, 0.15) is 50.0 Å². The number of aryl methyl sites for hydroxylation is 1. The first-order valence-corrected chi connectivity index (χ1v) is 8.60. The van der Waals surface area contributed by atoms with E-state index < -0.39 is 17.7 Å². The summed E-state index contributed by atoms with van der Waals surface area (Å²) in [4.78, 5) is 24.8. The van der Waals surface area contributed by atoms with Crippen molar-refractivity contribution in [1.82, 2.24) is 0 Å². The molecule has 0 heterocycles. The van der Waals surface area contributed by atoms with E-state index in [1.165, 1.54) is 0 Å². The Kier molecular flexibility index (Phi) is 6.39. The average Bonchev–Trinajstić information content (AvgIpc) is 2.54. The fraction of sp³-hybridized carbons (Fsp3) is 0.333. The van der Waals surface area contributed by atoms with Crippen LogP contribution < -0.4 is 9.47 Å². The summed E-state index contributed by atoms with van der Waals surface area (Å²) in [7, 11) is 0. The van der Waals surface area contributed by atoms with Crippen LogP contribution in [0.3, 0.4) is 0 Å². The van der Waals surface area contributed by atoms with Crippen molar-refractivity contribution >= 4 is 12.1 Å². The monoisotopic (exact) mass is 356 g/mol. The number of rotatable bonds is 5. The highest BCUT2D eigenvalue weighted by Gasteiger charge is 2.24. The van der Waals surface area contributed by atoms with Gasteiger partial charge in [0.15, 0.2) is 0 Å². The summed E-state index contributed by atoms with van der Waals surface area (Å²) in [5.74, 6) is -0.0167. The van der Waals surface area contributed by atoms with E-state index in [4.69, 9.17) is 14.2 Å². The number of carbonyl (C=O) groups excluding carboxylic acids is 2. The molecule has 0 fully saturated rings. The standard InChI is InChI=1S/C21H24O5/c1-5-10-15-11-9-14-17(25-20(23)26-21(2,3)4)18(15)19(22)24-16-12-7-6-8-13-16/h6-9,11-14H,5,10H2,1-4H3. The number of benzene rings is 2. The van der Waals surface area contributed by atoms with Crippen molar-refractivity contribution in [3.8, 4) is 11.5 Å². The van der Waals surface area contributed by atoms with Crippen molar-refractivity contribution in [1.29, 1.82) is 0 Å². The third-order valence-electron chi connectivity index (χ3n) is 3.37. The van der Waals surface area contributed by atoms with Gasteiger partial charge in [0.25, 0.3) is 0 Å². The van der Waals surface area contributed by atoms with Crippen LogP contribution in [-0.2, 0) is 11.2 Å². The lowest BCUT2D eigenvalue weighted by molar-refractivity contribution is 0.0204. The highest BCUT2D eigenvalue weighted by atomic mass is 16.7. The molecule has 138 valence electrons. The van der Waals surface area contributed by atoms with E-state index in [1.54, 1.807) is 57.2 Å². The van der Waals surface area contributed by atoms with Crippen LogP contribution in [0.15, 0.2) is 48.5 Å². The average molecular weight is 356 g/mol. The summed E-state index contributed by atoms with van der Waals surface area (Å²) in [5, 5.41) is 0. The molecule has 2 aromatic rings. The molecule has 2 aromatic carbocycles. The molecule has 0 saturated heterocycles. The highest BCUT2D eigenvalue weighted by Crippen LogP contribution is 2.26. The van der Waals surface area contributed by atoms with Gasteiger partial charge in [-0.1, -0.05) is 43.7 Å². The van der Waals surface area contributed by atoms with Crippen molar-refractivity contribution < 1.29 is 23.8 Å². The molecule has 0 N–H and O–H groups in total. The Hall–Kier alpha value is -2.82. The Balaban J connectivity index is 2.31. The van der Waals surface area contributed by atoms with Gasteiger partial charge < -0.3 is 14.2 Å². The second-order valence-electron chi connectivity index (χ2n) is 6.81. The number of hydrogen-bond acceptors (Lipinski definition) is 5. The lowest BCUT2D eigenvalue weighted by Crippen LogP contribution is -2.26. The number of esters is 1. The summed E-state index contributed by atoms with van der Waals surface area (Å²) in [6, 6.07) is 13.9. The number of hydrogen-bond donors (Lipinski definition) is 0. The summed E-state index contributed by atoms with van der Waals surface area (Å²) >= 11 is 0. The quantitative estimate of drug-likeness (QED) is 0.420. The summed E-state index contributed by atoms with van der Waals surface area (Å²) in [5.41, 5.74) is 0.307. The largest absolute Gasteiger partial charge is 0.514 e. The molecular formula is C21H24O5. The van der Waals surface area contributed by atoms with Crippen molar-refractivity contribution in [3.63, 3.8) is 0 Å². The SMILES string of the molecule is CCCc1cccc(OC(=O)OC(C)(C)C)c1C(=O)Oc1ccccc1. The maximum atomic E-state index is 12.7. The zero-order valence-corrected chi connectivity index (χ0v) is 15.6. The third-order valence-corrected chi connectivity index (χ3v) is 3.37. The van der Waals surface area contributed by atoms with Crippen LogP contribution in [-0.4, -0.2) is 17.7 Å². The highest BCUT2D eigenvalue weighted by molar-refractivity contribution is 5.96. The summed E-state index contributed by atoms with van der Waals surface area (Å²) in [6.07, 6.45) is 0.631. The lowest BCUT2D eigenvalue weighted by Gasteiger charge is -2.20. The van der Waals surface area contributed by atoms with E-state index in [9.17, 15) is 9.59 Å². The molecule has 0 spiro atoms. The van der Waals surface area contributed by atoms with E-state index in [-0.39, 0.29) is 11.3 Å². The molecule has 0 bridgehead atoms. The van der Waals surface area contributed by atoms with Crippen molar-refractivity contribution in [2.45, 2.75) is 46.1 Å². The van der Waals surface area contributed by atoms with E-state index in [1.807, 2.05) is 19.1 Å². The van der Waals surface area contributed by atoms with Gasteiger partial charge in [0, 0.05) is 0 Å². The van der Waals surface area contributed by atoms with E-state index in [0.717, 1.165) is 12.0 Å². The molecule has 26 heavy (non-hydrogen) atoms.